The quantitative estimate of drug-likeness (QED) is 0.848. The summed E-state index contributed by atoms with van der Waals surface area (Å²) in [6.45, 7) is 3.89. The summed E-state index contributed by atoms with van der Waals surface area (Å²) in [7, 11) is 0. The molecule has 17 heavy (non-hydrogen) atoms. The van der Waals surface area contributed by atoms with Gasteiger partial charge in [0, 0.05) is 5.39 Å². The van der Waals surface area contributed by atoms with Gasteiger partial charge < -0.3 is 5.11 Å². The zero-order valence-corrected chi connectivity index (χ0v) is 10.2. The van der Waals surface area contributed by atoms with Gasteiger partial charge in [-0.15, -0.1) is 0 Å². The molecule has 0 saturated carbocycles. The maximum Gasteiger partial charge on any atom is 0.131 e. The molecule has 2 aromatic rings. The lowest BCUT2D eigenvalue weighted by molar-refractivity contribution is 0.0298. The van der Waals surface area contributed by atoms with Gasteiger partial charge in [0.05, 0.1) is 5.60 Å². The van der Waals surface area contributed by atoms with Crippen molar-refractivity contribution < 1.29 is 9.50 Å². The van der Waals surface area contributed by atoms with E-state index in [9.17, 15) is 9.50 Å². The van der Waals surface area contributed by atoms with Gasteiger partial charge in [-0.1, -0.05) is 44.2 Å². The monoisotopic (exact) mass is 232 g/mol. The third-order valence-corrected chi connectivity index (χ3v) is 3.54. The van der Waals surface area contributed by atoms with Gasteiger partial charge in [-0.3, -0.25) is 0 Å². The van der Waals surface area contributed by atoms with Crippen molar-refractivity contribution in [2.24, 2.45) is 0 Å². The van der Waals surface area contributed by atoms with Gasteiger partial charge in [0.15, 0.2) is 0 Å². The van der Waals surface area contributed by atoms with E-state index in [0.717, 1.165) is 10.9 Å². The van der Waals surface area contributed by atoms with Gasteiger partial charge in [-0.25, -0.2) is 4.39 Å². The minimum Gasteiger partial charge on any atom is -0.385 e. The second-order valence-corrected chi connectivity index (χ2v) is 4.38. The van der Waals surface area contributed by atoms with Crippen LogP contribution < -0.4 is 0 Å². The standard InChI is InChI=1S/C15H17FO/c1-3-15(17,4-2)13-9-10-14(16)12-8-6-5-7-11(12)13/h5-10,17H,3-4H2,1-2H3. The van der Waals surface area contributed by atoms with Crippen molar-refractivity contribution in [3.05, 3.63) is 47.8 Å². The topological polar surface area (TPSA) is 20.2 Å². The van der Waals surface area contributed by atoms with Crippen molar-refractivity contribution in [1.29, 1.82) is 0 Å². The van der Waals surface area contributed by atoms with Crippen LogP contribution >= 0.6 is 0 Å². The normalized spacial score (nSPS) is 12.0. The van der Waals surface area contributed by atoms with Gasteiger partial charge in [-0.05, 0) is 29.9 Å². The van der Waals surface area contributed by atoms with E-state index >= 15 is 0 Å². The van der Waals surface area contributed by atoms with Crippen LogP contribution in [0, 0.1) is 5.82 Å². The van der Waals surface area contributed by atoms with E-state index in [1.165, 1.54) is 6.07 Å². The first kappa shape index (κ1) is 12.1. The van der Waals surface area contributed by atoms with Crippen LogP contribution in [0.4, 0.5) is 4.39 Å². The molecule has 0 aliphatic carbocycles. The van der Waals surface area contributed by atoms with Gasteiger partial charge in [0.1, 0.15) is 5.82 Å². The summed E-state index contributed by atoms with van der Waals surface area (Å²) in [5, 5.41) is 11.9. The predicted octanol–water partition coefficient (Wildman–Crippen LogP) is 3.99. The van der Waals surface area contributed by atoms with Crippen LogP contribution in [-0.4, -0.2) is 5.11 Å². The summed E-state index contributed by atoms with van der Waals surface area (Å²) in [4.78, 5) is 0. The lowest BCUT2D eigenvalue weighted by Crippen LogP contribution is -2.23. The molecular weight excluding hydrogens is 215 g/mol. The zero-order chi connectivity index (χ0) is 12.5. The van der Waals surface area contributed by atoms with Crippen LogP contribution in [0.15, 0.2) is 36.4 Å². The number of hydrogen-bond donors (Lipinski definition) is 1. The number of fused-ring (bicyclic) bond motifs is 1. The number of hydrogen-bond acceptors (Lipinski definition) is 1. The molecule has 0 spiro atoms. The van der Waals surface area contributed by atoms with Crippen molar-refractivity contribution in [2.75, 3.05) is 0 Å². The average molecular weight is 232 g/mol. The minimum absolute atomic E-state index is 0.237. The highest BCUT2D eigenvalue weighted by Gasteiger charge is 2.27. The molecule has 0 radical (unpaired) electrons. The van der Waals surface area contributed by atoms with Crippen LogP contribution in [-0.2, 0) is 5.60 Å². The third kappa shape index (κ3) is 1.93. The molecule has 0 amide bonds. The number of halogens is 1. The molecule has 0 aliphatic heterocycles. The summed E-state index contributed by atoms with van der Waals surface area (Å²) in [6, 6.07) is 10.4. The fraction of sp³-hybridized carbons (Fsp3) is 0.333. The smallest absolute Gasteiger partial charge is 0.131 e. The SMILES string of the molecule is CCC(O)(CC)c1ccc(F)c2ccccc12. The molecule has 1 N–H and O–H groups in total. The van der Waals surface area contributed by atoms with Crippen LogP contribution in [0.5, 0.6) is 0 Å². The molecule has 0 fully saturated rings. The van der Waals surface area contributed by atoms with Crippen molar-refractivity contribution in [3.63, 3.8) is 0 Å². The summed E-state index contributed by atoms with van der Waals surface area (Å²) in [5.74, 6) is -0.237. The molecule has 0 unspecified atom stereocenters. The molecule has 0 atom stereocenters. The maximum absolute atomic E-state index is 13.7. The van der Waals surface area contributed by atoms with Crippen molar-refractivity contribution in [3.8, 4) is 0 Å². The number of benzene rings is 2. The second-order valence-electron chi connectivity index (χ2n) is 4.38. The van der Waals surface area contributed by atoms with Crippen LogP contribution in [0.1, 0.15) is 32.3 Å². The molecular formula is C15H17FO. The first-order chi connectivity index (χ1) is 8.12. The molecule has 0 aromatic heterocycles. The van der Waals surface area contributed by atoms with E-state index in [4.69, 9.17) is 0 Å². The Morgan fingerprint density at radius 3 is 2.18 bits per heavy atom. The highest BCUT2D eigenvalue weighted by Crippen LogP contribution is 2.34. The van der Waals surface area contributed by atoms with Crippen LogP contribution in [0.25, 0.3) is 10.8 Å². The summed E-state index contributed by atoms with van der Waals surface area (Å²) in [5.41, 5.74) is -0.0488. The van der Waals surface area contributed by atoms with Gasteiger partial charge >= 0.3 is 0 Å². The Morgan fingerprint density at radius 2 is 1.59 bits per heavy atom. The highest BCUT2D eigenvalue weighted by atomic mass is 19.1. The molecule has 90 valence electrons. The Bertz CT molecular complexity index is 529. The summed E-state index contributed by atoms with van der Waals surface area (Å²) >= 11 is 0. The summed E-state index contributed by atoms with van der Waals surface area (Å²) in [6.07, 6.45) is 1.25. The minimum atomic E-state index is -0.868. The van der Waals surface area contributed by atoms with E-state index < -0.39 is 5.60 Å². The van der Waals surface area contributed by atoms with Gasteiger partial charge in [0.2, 0.25) is 0 Å². The van der Waals surface area contributed by atoms with Gasteiger partial charge in [0.25, 0.3) is 0 Å². The number of aliphatic hydroxyl groups is 1. The fourth-order valence-electron chi connectivity index (χ4n) is 2.30. The maximum atomic E-state index is 13.7. The fourth-order valence-corrected chi connectivity index (χ4v) is 2.30. The van der Waals surface area contributed by atoms with Crippen molar-refractivity contribution in [1.82, 2.24) is 0 Å². The molecule has 2 rings (SSSR count). The van der Waals surface area contributed by atoms with E-state index in [2.05, 4.69) is 0 Å². The Morgan fingerprint density at radius 1 is 1.00 bits per heavy atom. The van der Waals surface area contributed by atoms with Crippen molar-refractivity contribution in [2.45, 2.75) is 32.3 Å². The third-order valence-electron chi connectivity index (χ3n) is 3.54. The van der Waals surface area contributed by atoms with E-state index in [1.54, 1.807) is 12.1 Å². The van der Waals surface area contributed by atoms with Crippen LogP contribution in [0.2, 0.25) is 0 Å². The number of rotatable bonds is 3. The van der Waals surface area contributed by atoms with E-state index in [-0.39, 0.29) is 5.82 Å². The molecule has 2 aromatic carbocycles. The zero-order valence-electron chi connectivity index (χ0n) is 10.2. The Balaban J connectivity index is 2.75. The molecule has 0 bridgehead atoms. The lowest BCUT2D eigenvalue weighted by Gasteiger charge is -2.27. The largest absolute Gasteiger partial charge is 0.385 e. The van der Waals surface area contributed by atoms with Crippen LogP contribution in [0.3, 0.4) is 0 Å². The molecule has 0 aliphatic rings. The molecule has 0 saturated heterocycles. The molecule has 0 heterocycles. The Labute approximate surface area is 101 Å². The second kappa shape index (κ2) is 4.46. The van der Waals surface area contributed by atoms with E-state index in [0.29, 0.717) is 18.2 Å². The molecule has 1 nitrogen and oxygen atoms in total. The summed E-state index contributed by atoms with van der Waals surface area (Å²) < 4.78 is 13.7. The Kier molecular flexibility index (Phi) is 3.16. The average Bonchev–Trinajstić information content (AvgIpc) is 2.39. The lowest BCUT2D eigenvalue weighted by atomic mass is 9.85. The molecule has 2 heteroatoms. The van der Waals surface area contributed by atoms with E-state index in [1.807, 2.05) is 32.0 Å². The first-order valence-corrected chi connectivity index (χ1v) is 6.02. The first-order valence-electron chi connectivity index (χ1n) is 6.02. The van der Waals surface area contributed by atoms with Gasteiger partial charge in [-0.2, -0.15) is 0 Å². The Hall–Kier alpha value is -1.41. The predicted molar refractivity (Wildman–Crippen MR) is 68.4 cm³/mol. The highest BCUT2D eigenvalue weighted by molar-refractivity contribution is 5.87. The van der Waals surface area contributed by atoms with Crippen molar-refractivity contribution >= 4 is 10.8 Å².